The van der Waals surface area contributed by atoms with Gasteiger partial charge in [0.1, 0.15) is 11.9 Å². The number of nitriles is 1. The molecule has 0 saturated heterocycles. The maximum absolute atomic E-state index is 13.2. The molecule has 0 heterocycles. The number of amides is 2. The quantitative estimate of drug-likeness (QED) is 0.790. The van der Waals surface area contributed by atoms with Crippen LogP contribution < -0.4 is 5.32 Å². The molecular formula is C15H18FN3O2. The van der Waals surface area contributed by atoms with E-state index in [2.05, 4.69) is 5.32 Å². The fraction of sp³-hybridized carbons (Fsp3) is 0.467. The van der Waals surface area contributed by atoms with Crippen molar-refractivity contribution in [2.75, 3.05) is 18.5 Å². The van der Waals surface area contributed by atoms with Crippen LogP contribution in [0.3, 0.4) is 0 Å². The maximum atomic E-state index is 13.2. The molecule has 0 unspecified atom stereocenters. The number of unbranched alkanes of at least 4 members (excludes halogenated alkanes) is 1. The van der Waals surface area contributed by atoms with E-state index in [1.807, 2.05) is 0 Å². The molecule has 112 valence electrons. The Morgan fingerprint density at radius 3 is 2.86 bits per heavy atom. The number of nitrogens with one attached hydrogen (secondary N) is 1. The first-order valence-electron chi connectivity index (χ1n) is 7.04. The van der Waals surface area contributed by atoms with Crippen molar-refractivity contribution in [3.05, 3.63) is 29.6 Å². The number of carbonyl (C=O) groups excluding carboxylic acids is 1. The molecule has 0 radical (unpaired) electrons. The number of aliphatic hydroxyl groups is 1. The summed E-state index contributed by atoms with van der Waals surface area (Å²) < 4.78 is 13.2. The van der Waals surface area contributed by atoms with E-state index in [0.29, 0.717) is 18.7 Å². The zero-order chi connectivity index (χ0) is 15.2. The number of hydrogen-bond acceptors (Lipinski definition) is 3. The Kier molecular flexibility index (Phi) is 5.12. The zero-order valence-corrected chi connectivity index (χ0v) is 11.7. The summed E-state index contributed by atoms with van der Waals surface area (Å²) in [5, 5.41) is 20.3. The maximum Gasteiger partial charge on any atom is 0.322 e. The summed E-state index contributed by atoms with van der Waals surface area (Å²) in [6.07, 6.45) is 3.37. The molecule has 2 N–H and O–H groups in total. The van der Waals surface area contributed by atoms with Gasteiger partial charge in [0.05, 0.1) is 5.56 Å². The van der Waals surface area contributed by atoms with Gasteiger partial charge in [-0.3, -0.25) is 0 Å². The van der Waals surface area contributed by atoms with E-state index < -0.39 is 5.82 Å². The molecule has 0 bridgehead atoms. The summed E-state index contributed by atoms with van der Waals surface area (Å²) in [5.41, 5.74) is 0.316. The van der Waals surface area contributed by atoms with Crippen molar-refractivity contribution in [1.29, 1.82) is 5.26 Å². The fourth-order valence-electron chi connectivity index (χ4n) is 2.11. The van der Waals surface area contributed by atoms with E-state index >= 15 is 0 Å². The molecule has 6 heteroatoms. The summed E-state index contributed by atoms with van der Waals surface area (Å²) in [6, 6.07) is 5.68. The summed E-state index contributed by atoms with van der Waals surface area (Å²) in [7, 11) is 0. The van der Waals surface area contributed by atoms with Gasteiger partial charge in [-0.25, -0.2) is 9.18 Å². The van der Waals surface area contributed by atoms with Gasteiger partial charge in [-0.05, 0) is 43.9 Å². The van der Waals surface area contributed by atoms with Gasteiger partial charge in [-0.1, -0.05) is 0 Å². The number of urea groups is 1. The Labute approximate surface area is 123 Å². The third-order valence-corrected chi connectivity index (χ3v) is 3.39. The largest absolute Gasteiger partial charge is 0.396 e. The highest BCUT2D eigenvalue weighted by molar-refractivity contribution is 5.90. The average molecular weight is 291 g/mol. The van der Waals surface area contributed by atoms with Crippen LogP contribution in [-0.2, 0) is 0 Å². The number of halogens is 1. The van der Waals surface area contributed by atoms with E-state index in [0.717, 1.165) is 19.3 Å². The molecule has 1 saturated carbocycles. The second-order valence-corrected chi connectivity index (χ2v) is 5.09. The Hall–Kier alpha value is -2.13. The number of aliphatic hydroxyl groups excluding tert-OH is 1. The second-order valence-electron chi connectivity index (χ2n) is 5.09. The van der Waals surface area contributed by atoms with Crippen LogP contribution in [0.2, 0.25) is 0 Å². The number of hydrogen-bond donors (Lipinski definition) is 2. The van der Waals surface area contributed by atoms with Crippen LogP contribution in [0.5, 0.6) is 0 Å². The molecule has 1 aromatic rings. The van der Waals surface area contributed by atoms with Crippen molar-refractivity contribution in [1.82, 2.24) is 4.90 Å². The van der Waals surface area contributed by atoms with Gasteiger partial charge in [-0.15, -0.1) is 0 Å². The Morgan fingerprint density at radius 1 is 1.48 bits per heavy atom. The fourth-order valence-corrected chi connectivity index (χ4v) is 2.11. The highest BCUT2D eigenvalue weighted by Crippen LogP contribution is 2.28. The van der Waals surface area contributed by atoms with E-state index in [-0.39, 0.29) is 24.2 Å². The number of benzene rings is 1. The average Bonchev–Trinajstić information content (AvgIpc) is 3.30. The first-order chi connectivity index (χ1) is 10.2. The Morgan fingerprint density at radius 2 is 2.24 bits per heavy atom. The van der Waals surface area contributed by atoms with E-state index in [9.17, 15) is 9.18 Å². The van der Waals surface area contributed by atoms with Gasteiger partial charge >= 0.3 is 6.03 Å². The van der Waals surface area contributed by atoms with E-state index in [1.165, 1.54) is 18.2 Å². The van der Waals surface area contributed by atoms with E-state index in [1.54, 1.807) is 11.0 Å². The van der Waals surface area contributed by atoms with E-state index in [4.69, 9.17) is 10.4 Å². The van der Waals surface area contributed by atoms with Gasteiger partial charge in [0.15, 0.2) is 0 Å². The summed E-state index contributed by atoms with van der Waals surface area (Å²) in [5.74, 6) is -0.600. The van der Waals surface area contributed by atoms with Crippen molar-refractivity contribution >= 4 is 11.7 Å². The van der Waals surface area contributed by atoms with Gasteiger partial charge in [0, 0.05) is 24.9 Å². The molecule has 1 aliphatic rings. The predicted molar refractivity (Wildman–Crippen MR) is 76.2 cm³/mol. The monoisotopic (exact) mass is 291 g/mol. The molecule has 1 aromatic carbocycles. The molecule has 5 nitrogen and oxygen atoms in total. The first kappa shape index (κ1) is 15.3. The van der Waals surface area contributed by atoms with Crippen molar-refractivity contribution < 1.29 is 14.3 Å². The molecular weight excluding hydrogens is 273 g/mol. The summed E-state index contributed by atoms with van der Waals surface area (Å²) in [6.45, 7) is 0.701. The third-order valence-electron chi connectivity index (χ3n) is 3.39. The molecule has 2 amide bonds. The summed E-state index contributed by atoms with van der Waals surface area (Å²) in [4.78, 5) is 14.0. The van der Waals surface area contributed by atoms with Crippen LogP contribution in [0.1, 0.15) is 31.2 Å². The smallest absolute Gasteiger partial charge is 0.322 e. The summed E-state index contributed by atoms with van der Waals surface area (Å²) >= 11 is 0. The molecule has 0 spiro atoms. The van der Waals surface area contributed by atoms with Crippen molar-refractivity contribution in [2.45, 2.75) is 31.7 Å². The van der Waals surface area contributed by atoms with Crippen molar-refractivity contribution in [3.8, 4) is 6.07 Å². The SMILES string of the molecule is N#Cc1cc(NC(=O)N(CCCCO)C2CC2)ccc1F. The van der Waals surface area contributed by atoms with Gasteiger partial charge in [0.25, 0.3) is 0 Å². The number of carbonyl (C=O) groups is 1. The minimum absolute atomic E-state index is 0.0916. The molecule has 1 aliphatic carbocycles. The molecule has 0 aromatic heterocycles. The minimum Gasteiger partial charge on any atom is -0.396 e. The minimum atomic E-state index is -0.600. The van der Waals surface area contributed by atoms with Crippen LogP contribution >= 0.6 is 0 Å². The zero-order valence-electron chi connectivity index (χ0n) is 11.7. The van der Waals surface area contributed by atoms with Gasteiger partial charge in [0.2, 0.25) is 0 Å². The van der Waals surface area contributed by atoms with Crippen LogP contribution in [0.15, 0.2) is 18.2 Å². The van der Waals surface area contributed by atoms with Crippen molar-refractivity contribution in [3.63, 3.8) is 0 Å². The van der Waals surface area contributed by atoms with Crippen LogP contribution in [0.4, 0.5) is 14.9 Å². The molecule has 0 aliphatic heterocycles. The van der Waals surface area contributed by atoms with Gasteiger partial charge < -0.3 is 15.3 Å². The predicted octanol–water partition coefficient (Wildman–Crippen LogP) is 2.47. The lowest BCUT2D eigenvalue weighted by Gasteiger charge is -2.22. The molecule has 1 fully saturated rings. The Balaban J connectivity index is 1.99. The highest BCUT2D eigenvalue weighted by atomic mass is 19.1. The van der Waals surface area contributed by atoms with Crippen molar-refractivity contribution in [2.24, 2.45) is 0 Å². The third kappa shape index (κ3) is 4.17. The lowest BCUT2D eigenvalue weighted by molar-refractivity contribution is 0.204. The van der Waals surface area contributed by atoms with Gasteiger partial charge in [-0.2, -0.15) is 5.26 Å². The second kappa shape index (κ2) is 7.04. The lowest BCUT2D eigenvalue weighted by Crippen LogP contribution is -2.37. The normalized spacial score (nSPS) is 13.6. The highest BCUT2D eigenvalue weighted by Gasteiger charge is 2.32. The molecule has 21 heavy (non-hydrogen) atoms. The van der Waals surface area contributed by atoms with Crippen LogP contribution in [0, 0.1) is 17.1 Å². The molecule has 0 atom stereocenters. The number of rotatable bonds is 6. The standard InChI is InChI=1S/C15H18FN3O2/c16-14-6-3-12(9-11(14)10-17)18-15(21)19(13-4-5-13)7-1-2-8-20/h3,6,9,13,20H,1-2,4-5,7-8H2,(H,18,21). The number of anilines is 1. The first-order valence-corrected chi connectivity index (χ1v) is 7.04. The van der Waals surface area contributed by atoms with Crippen LogP contribution in [0.25, 0.3) is 0 Å². The Bertz CT molecular complexity index is 552. The van der Waals surface area contributed by atoms with Crippen LogP contribution in [-0.4, -0.2) is 35.2 Å². The molecule has 2 rings (SSSR count). The topological polar surface area (TPSA) is 76.4 Å². The lowest BCUT2D eigenvalue weighted by atomic mass is 10.2. The number of nitrogens with zero attached hydrogens (tertiary/aromatic N) is 2.